The molecule has 0 aliphatic carbocycles. The molecule has 2 unspecified atom stereocenters. The molecule has 3 aromatic carbocycles. The number of fused-ring (bicyclic) bond motifs is 1. The first-order valence-electron chi connectivity index (χ1n) is 13.5. The Morgan fingerprint density at radius 2 is 1.68 bits per heavy atom. The minimum atomic E-state index is -0.888. The smallest absolute Gasteiger partial charge is 0.248 e. The number of nitrogens with one attached hydrogen (secondary N) is 2. The molecule has 6 atom stereocenters. The quantitative estimate of drug-likeness (QED) is 0.369. The first-order chi connectivity index (χ1) is 19.4. The van der Waals surface area contributed by atoms with Gasteiger partial charge in [0.25, 0.3) is 0 Å². The largest absolute Gasteiger partial charge is 0.394 e. The molecule has 3 saturated heterocycles. The monoisotopic (exact) mass is 575 g/mol. The maximum Gasteiger partial charge on any atom is 0.248 e. The van der Waals surface area contributed by atoms with Gasteiger partial charge in [0.15, 0.2) is 0 Å². The van der Waals surface area contributed by atoms with E-state index in [1.54, 1.807) is 36.0 Å². The van der Waals surface area contributed by atoms with Crippen LogP contribution in [0.4, 0.5) is 5.69 Å². The van der Waals surface area contributed by atoms with Gasteiger partial charge in [0, 0.05) is 11.8 Å². The molecule has 3 fully saturated rings. The van der Waals surface area contributed by atoms with Crippen LogP contribution in [0.5, 0.6) is 0 Å². The Balaban J connectivity index is 1.37. The number of nitrogens with zero attached hydrogens (tertiary/aromatic N) is 1. The molecule has 0 saturated carbocycles. The molecular weight excluding hydrogens is 546 g/mol. The second kappa shape index (κ2) is 10.9. The number of amides is 3. The van der Waals surface area contributed by atoms with Gasteiger partial charge in [-0.25, -0.2) is 0 Å². The van der Waals surface area contributed by atoms with Crippen LogP contribution in [-0.4, -0.2) is 50.4 Å². The molecule has 40 heavy (non-hydrogen) atoms. The molecule has 3 aromatic rings. The third-order valence-electron chi connectivity index (χ3n) is 8.42. The standard InChI is InChI=1S/C31H30ClN3O4S/c32-21-13-7-8-14-22(21)34-29(38)27-31-16-15-24(40-31)25(28(37)33-17-19-9-3-1-4-10-19)26(31)30(39)35(27)23(18-36)20-11-5-2-6-12-20/h1-14,23-27,36H,15-18H2,(H,33,37)(H,34,38)/t23-,24-,25+,26+,27?,31?/m1/s1. The van der Waals surface area contributed by atoms with E-state index in [-0.39, 0.29) is 29.6 Å². The van der Waals surface area contributed by atoms with Crippen molar-refractivity contribution in [3.63, 3.8) is 0 Å². The normalized spacial score (nSPS) is 27.4. The van der Waals surface area contributed by atoms with Crippen molar-refractivity contribution < 1.29 is 19.5 Å². The number of carbonyl (C=O) groups is 3. The highest BCUT2D eigenvalue weighted by Gasteiger charge is 2.74. The number of thioether (sulfide) groups is 1. The molecule has 1 spiro atoms. The fraction of sp³-hybridized carbons (Fsp3) is 0.323. The van der Waals surface area contributed by atoms with Crippen molar-refractivity contribution >= 4 is 46.8 Å². The number of para-hydroxylation sites is 1. The highest BCUT2D eigenvalue weighted by Crippen LogP contribution is 2.67. The molecule has 3 N–H and O–H groups in total. The van der Waals surface area contributed by atoms with Crippen molar-refractivity contribution in [3.8, 4) is 0 Å². The number of aliphatic hydroxyl groups excluding tert-OH is 1. The highest BCUT2D eigenvalue weighted by molar-refractivity contribution is 8.02. The van der Waals surface area contributed by atoms with Crippen molar-refractivity contribution in [1.82, 2.24) is 10.2 Å². The number of likely N-dealkylation sites (tertiary alicyclic amines) is 1. The summed E-state index contributed by atoms with van der Waals surface area (Å²) in [5.74, 6) is -2.04. The van der Waals surface area contributed by atoms with E-state index in [0.29, 0.717) is 23.7 Å². The predicted molar refractivity (Wildman–Crippen MR) is 156 cm³/mol. The third kappa shape index (κ3) is 4.48. The van der Waals surface area contributed by atoms with Crippen molar-refractivity contribution in [1.29, 1.82) is 0 Å². The van der Waals surface area contributed by atoms with Gasteiger partial charge in [-0.05, 0) is 36.1 Å². The lowest BCUT2D eigenvalue weighted by Gasteiger charge is -2.37. The average Bonchev–Trinajstić information content (AvgIpc) is 3.62. The lowest BCUT2D eigenvalue weighted by atomic mass is 9.70. The zero-order valence-corrected chi connectivity index (χ0v) is 23.3. The number of halogens is 1. The summed E-state index contributed by atoms with van der Waals surface area (Å²) in [6.07, 6.45) is 1.36. The third-order valence-corrected chi connectivity index (χ3v) is 10.7. The minimum Gasteiger partial charge on any atom is -0.394 e. The van der Waals surface area contributed by atoms with Gasteiger partial charge in [0.2, 0.25) is 17.7 Å². The number of hydrogen-bond acceptors (Lipinski definition) is 5. The average molecular weight is 576 g/mol. The molecule has 6 rings (SSSR count). The van der Waals surface area contributed by atoms with Crippen molar-refractivity contribution in [3.05, 3.63) is 101 Å². The Morgan fingerprint density at radius 3 is 2.38 bits per heavy atom. The molecule has 2 bridgehead atoms. The van der Waals surface area contributed by atoms with Gasteiger partial charge in [-0.1, -0.05) is 84.4 Å². The zero-order valence-electron chi connectivity index (χ0n) is 21.7. The van der Waals surface area contributed by atoms with Gasteiger partial charge < -0.3 is 20.6 Å². The summed E-state index contributed by atoms with van der Waals surface area (Å²) in [5, 5.41) is 16.9. The van der Waals surface area contributed by atoms with E-state index < -0.39 is 28.7 Å². The van der Waals surface area contributed by atoms with Crippen LogP contribution >= 0.6 is 23.4 Å². The fourth-order valence-electron chi connectivity index (χ4n) is 6.72. The molecule has 3 amide bonds. The molecule has 7 nitrogen and oxygen atoms in total. The Bertz CT molecular complexity index is 1420. The van der Waals surface area contributed by atoms with Crippen LogP contribution in [0.15, 0.2) is 84.9 Å². The summed E-state index contributed by atoms with van der Waals surface area (Å²) in [4.78, 5) is 43.7. The number of carbonyl (C=O) groups excluding carboxylic acids is 3. The molecule has 9 heteroatoms. The molecule has 0 aromatic heterocycles. The van der Waals surface area contributed by atoms with E-state index in [1.165, 1.54) is 4.90 Å². The summed E-state index contributed by atoms with van der Waals surface area (Å²) < 4.78 is -0.788. The minimum absolute atomic E-state index is 0.0632. The number of benzene rings is 3. The van der Waals surface area contributed by atoms with E-state index >= 15 is 0 Å². The van der Waals surface area contributed by atoms with Crippen LogP contribution in [0.25, 0.3) is 0 Å². The van der Waals surface area contributed by atoms with Gasteiger partial charge in [0.05, 0.1) is 39.9 Å². The van der Waals surface area contributed by atoms with Crippen LogP contribution in [0.2, 0.25) is 5.02 Å². The lowest BCUT2D eigenvalue weighted by Crippen LogP contribution is -2.52. The van der Waals surface area contributed by atoms with E-state index in [1.807, 2.05) is 60.7 Å². The summed E-state index contributed by atoms with van der Waals surface area (Å²) in [5.41, 5.74) is 2.16. The van der Waals surface area contributed by atoms with E-state index in [2.05, 4.69) is 10.6 Å². The summed E-state index contributed by atoms with van der Waals surface area (Å²) in [7, 11) is 0. The first-order valence-corrected chi connectivity index (χ1v) is 14.7. The van der Waals surface area contributed by atoms with E-state index in [9.17, 15) is 19.5 Å². The fourth-order valence-corrected chi connectivity index (χ4v) is 9.11. The van der Waals surface area contributed by atoms with E-state index in [0.717, 1.165) is 17.5 Å². The summed E-state index contributed by atoms with van der Waals surface area (Å²) in [6.45, 7) is 0.0122. The molecular formula is C31H30ClN3O4S. The maximum absolute atomic E-state index is 14.4. The van der Waals surface area contributed by atoms with E-state index in [4.69, 9.17) is 11.6 Å². The van der Waals surface area contributed by atoms with Crippen LogP contribution in [0.1, 0.15) is 30.0 Å². The Labute approximate surface area is 242 Å². The van der Waals surface area contributed by atoms with Crippen molar-refractivity contribution in [2.24, 2.45) is 11.8 Å². The van der Waals surface area contributed by atoms with Crippen molar-refractivity contribution in [2.45, 2.75) is 41.5 Å². The van der Waals surface area contributed by atoms with Crippen LogP contribution in [0.3, 0.4) is 0 Å². The lowest BCUT2D eigenvalue weighted by molar-refractivity contribution is -0.142. The topological polar surface area (TPSA) is 98.7 Å². The number of rotatable bonds is 8. The van der Waals surface area contributed by atoms with Crippen LogP contribution < -0.4 is 10.6 Å². The Kier molecular flexibility index (Phi) is 7.33. The molecule has 3 aliphatic rings. The Morgan fingerprint density at radius 1 is 1.00 bits per heavy atom. The first kappa shape index (κ1) is 26.9. The van der Waals surface area contributed by atoms with Gasteiger partial charge >= 0.3 is 0 Å². The SMILES string of the molecule is O=C(Nc1ccccc1Cl)C1N([C@H](CO)c2ccccc2)C(=O)[C@@H]2[C@@H](C(=O)NCc3ccccc3)[C@H]3CCC12S3. The Hall–Kier alpha value is -3.33. The molecule has 0 radical (unpaired) electrons. The number of aliphatic hydroxyl groups is 1. The van der Waals surface area contributed by atoms with Gasteiger partial charge in [0.1, 0.15) is 6.04 Å². The second-order valence-electron chi connectivity index (χ2n) is 10.6. The zero-order chi connectivity index (χ0) is 27.9. The van der Waals surface area contributed by atoms with Crippen molar-refractivity contribution in [2.75, 3.05) is 11.9 Å². The molecule has 206 valence electrons. The van der Waals surface area contributed by atoms with Gasteiger partial charge in [-0.3, -0.25) is 14.4 Å². The summed E-state index contributed by atoms with van der Waals surface area (Å²) >= 11 is 7.96. The number of anilines is 1. The van der Waals surface area contributed by atoms with Gasteiger partial charge in [-0.2, -0.15) is 0 Å². The van der Waals surface area contributed by atoms with Gasteiger partial charge in [-0.15, -0.1) is 11.8 Å². The predicted octanol–water partition coefficient (Wildman–Crippen LogP) is 4.42. The summed E-state index contributed by atoms with van der Waals surface area (Å²) in [6, 6.07) is 24.2. The van der Waals surface area contributed by atoms with Crippen LogP contribution in [0, 0.1) is 11.8 Å². The van der Waals surface area contributed by atoms with Crippen LogP contribution in [-0.2, 0) is 20.9 Å². The highest BCUT2D eigenvalue weighted by atomic mass is 35.5. The molecule has 3 aliphatic heterocycles. The molecule has 3 heterocycles. The second-order valence-corrected chi connectivity index (χ2v) is 12.6. The number of hydrogen-bond donors (Lipinski definition) is 3. The maximum atomic E-state index is 14.4.